The lowest BCUT2D eigenvalue weighted by Crippen LogP contribution is -2.31. The molecule has 2 atom stereocenters. The van der Waals surface area contributed by atoms with E-state index in [0.717, 1.165) is 6.54 Å². The molecule has 0 aliphatic carbocycles. The Balaban J connectivity index is 3.46. The molecule has 0 spiro atoms. The molecule has 2 unspecified atom stereocenters. The van der Waals surface area contributed by atoms with Crippen LogP contribution >= 0.6 is 0 Å². The average molecular weight is 445 g/mol. The summed E-state index contributed by atoms with van der Waals surface area (Å²) >= 11 is 0. The first-order valence-corrected chi connectivity index (χ1v) is 10.6. The summed E-state index contributed by atoms with van der Waals surface area (Å²) < 4.78 is 21.1. The van der Waals surface area contributed by atoms with E-state index in [9.17, 15) is 14.7 Å². The molecule has 180 valence electrons. The third-order valence-electron chi connectivity index (χ3n) is 4.05. The number of esters is 2. The van der Waals surface area contributed by atoms with E-state index in [1.165, 1.54) is 0 Å². The Morgan fingerprint density at radius 1 is 0.839 bits per heavy atom. The topological polar surface area (TPSA) is 115 Å². The number of carbonyl (C=O) groups is 2. The molecule has 0 aromatic rings. The van der Waals surface area contributed by atoms with Crippen LogP contribution in [0.15, 0.2) is 24.3 Å². The second-order valence-corrected chi connectivity index (χ2v) is 7.54. The highest BCUT2D eigenvalue weighted by molar-refractivity contribution is 5.87. The first-order valence-electron chi connectivity index (χ1n) is 10.6. The van der Waals surface area contributed by atoms with E-state index in [2.05, 4.69) is 23.8 Å². The summed E-state index contributed by atoms with van der Waals surface area (Å²) in [5.41, 5.74) is 0.745. The second-order valence-electron chi connectivity index (χ2n) is 7.54. The fourth-order valence-electron chi connectivity index (χ4n) is 2.16. The lowest BCUT2D eigenvalue weighted by molar-refractivity contribution is -0.141. The van der Waals surface area contributed by atoms with Gasteiger partial charge in [0.2, 0.25) is 0 Å². The van der Waals surface area contributed by atoms with Crippen molar-refractivity contribution in [3.63, 3.8) is 0 Å². The van der Waals surface area contributed by atoms with E-state index in [-0.39, 0.29) is 31.0 Å². The summed E-state index contributed by atoms with van der Waals surface area (Å²) in [4.78, 5) is 22.7. The zero-order valence-electron chi connectivity index (χ0n) is 19.2. The summed E-state index contributed by atoms with van der Waals surface area (Å²) in [6.07, 6.45) is 0. The maximum atomic E-state index is 11.3. The second kappa shape index (κ2) is 18.9. The molecular weight excluding hydrogens is 404 g/mol. The predicted molar refractivity (Wildman–Crippen MR) is 119 cm³/mol. The van der Waals surface area contributed by atoms with Crippen molar-refractivity contribution in [3.05, 3.63) is 24.3 Å². The molecule has 3 N–H and O–H groups in total. The Kier molecular flexibility index (Phi) is 17.9. The van der Waals surface area contributed by atoms with E-state index in [4.69, 9.17) is 18.9 Å². The molecule has 0 aliphatic heterocycles. The number of ether oxygens (including phenoxy) is 4. The van der Waals surface area contributed by atoms with Gasteiger partial charge in [0.25, 0.3) is 0 Å². The standard InChI is InChI=1S/C22H40N2O7/c1-17(2)21(26)30-15-19(5)12-23-6-8-28-10-11-29-9-7-24-13-20(14-25)16-31-22(27)18(3)4/h19-20,23-25H,1,3,6-16H2,2,4-5H3. The number of aliphatic hydroxyl groups excluding tert-OH is 1. The Morgan fingerprint density at radius 3 is 1.81 bits per heavy atom. The lowest BCUT2D eigenvalue weighted by atomic mass is 10.2. The van der Waals surface area contributed by atoms with Gasteiger partial charge in [-0.05, 0) is 13.8 Å². The fraction of sp³-hybridized carbons (Fsp3) is 0.727. The third-order valence-corrected chi connectivity index (χ3v) is 4.05. The number of nitrogens with one attached hydrogen (secondary N) is 2. The third kappa shape index (κ3) is 17.6. The van der Waals surface area contributed by atoms with E-state index < -0.39 is 5.97 Å². The van der Waals surface area contributed by atoms with Crippen LogP contribution in [-0.2, 0) is 28.5 Å². The molecule has 0 bridgehead atoms. The van der Waals surface area contributed by atoms with Gasteiger partial charge < -0.3 is 34.7 Å². The summed E-state index contributed by atoms with van der Waals surface area (Å²) in [6.45, 7) is 17.4. The van der Waals surface area contributed by atoms with Crippen molar-refractivity contribution in [2.45, 2.75) is 20.8 Å². The summed E-state index contributed by atoms with van der Waals surface area (Å²) in [7, 11) is 0. The van der Waals surface area contributed by atoms with Crippen molar-refractivity contribution in [2.24, 2.45) is 11.8 Å². The first-order chi connectivity index (χ1) is 14.8. The molecule has 0 radical (unpaired) electrons. The zero-order chi connectivity index (χ0) is 23.5. The maximum absolute atomic E-state index is 11.3. The maximum Gasteiger partial charge on any atom is 0.333 e. The van der Waals surface area contributed by atoms with Crippen LogP contribution in [0.3, 0.4) is 0 Å². The van der Waals surface area contributed by atoms with Crippen LogP contribution in [0.5, 0.6) is 0 Å². The molecule has 0 fully saturated rings. The molecule has 9 heteroatoms. The monoisotopic (exact) mass is 444 g/mol. The van der Waals surface area contributed by atoms with Gasteiger partial charge in [-0.2, -0.15) is 0 Å². The Labute approximate surface area is 186 Å². The normalized spacial score (nSPS) is 12.8. The number of carbonyl (C=O) groups excluding carboxylic acids is 2. The van der Waals surface area contributed by atoms with Crippen molar-refractivity contribution in [3.8, 4) is 0 Å². The molecule has 0 amide bonds. The Bertz CT molecular complexity index is 540. The van der Waals surface area contributed by atoms with Crippen LogP contribution in [0.25, 0.3) is 0 Å². The van der Waals surface area contributed by atoms with Gasteiger partial charge in [0.15, 0.2) is 0 Å². The van der Waals surface area contributed by atoms with Gasteiger partial charge in [-0.3, -0.25) is 0 Å². The van der Waals surface area contributed by atoms with Crippen molar-refractivity contribution >= 4 is 11.9 Å². The molecule has 0 aromatic heterocycles. The zero-order valence-corrected chi connectivity index (χ0v) is 19.2. The molecule has 0 aromatic carbocycles. The minimum absolute atomic E-state index is 0.0718. The summed E-state index contributed by atoms with van der Waals surface area (Å²) in [5.74, 6) is -0.763. The average Bonchev–Trinajstić information content (AvgIpc) is 2.74. The van der Waals surface area contributed by atoms with Crippen molar-refractivity contribution in [1.82, 2.24) is 10.6 Å². The minimum Gasteiger partial charge on any atom is -0.462 e. The largest absolute Gasteiger partial charge is 0.462 e. The van der Waals surface area contributed by atoms with Gasteiger partial charge in [-0.15, -0.1) is 0 Å². The smallest absolute Gasteiger partial charge is 0.333 e. The van der Waals surface area contributed by atoms with Gasteiger partial charge in [-0.1, -0.05) is 20.1 Å². The number of hydrogen-bond donors (Lipinski definition) is 3. The lowest BCUT2D eigenvalue weighted by Gasteiger charge is -2.15. The Hall–Kier alpha value is -1.78. The van der Waals surface area contributed by atoms with Crippen LogP contribution in [-0.4, -0.2) is 89.5 Å². The molecule has 0 saturated carbocycles. The van der Waals surface area contributed by atoms with E-state index >= 15 is 0 Å². The van der Waals surface area contributed by atoms with Gasteiger partial charge >= 0.3 is 11.9 Å². The van der Waals surface area contributed by atoms with Crippen LogP contribution in [0.1, 0.15) is 20.8 Å². The molecule has 0 aliphatic rings. The van der Waals surface area contributed by atoms with Crippen molar-refractivity contribution in [2.75, 3.05) is 72.4 Å². The van der Waals surface area contributed by atoms with Crippen LogP contribution in [0.4, 0.5) is 0 Å². The molecule has 0 saturated heterocycles. The van der Waals surface area contributed by atoms with Gasteiger partial charge in [0.05, 0.1) is 46.2 Å². The van der Waals surface area contributed by atoms with Crippen LogP contribution in [0, 0.1) is 11.8 Å². The summed E-state index contributed by atoms with van der Waals surface area (Å²) in [5, 5.41) is 15.7. The summed E-state index contributed by atoms with van der Waals surface area (Å²) in [6, 6.07) is 0. The molecule has 9 nitrogen and oxygen atoms in total. The van der Waals surface area contributed by atoms with E-state index in [0.29, 0.717) is 63.8 Å². The molecule has 0 heterocycles. The van der Waals surface area contributed by atoms with E-state index in [1.54, 1.807) is 13.8 Å². The van der Waals surface area contributed by atoms with Crippen LogP contribution < -0.4 is 10.6 Å². The van der Waals surface area contributed by atoms with Crippen LogP contribution in [0.2, 0.25) is 0 Å². The number of rotatable bonds is 20. The molecular formula is C22H40N2O7. The number of hydrogen-bond acceptors (Lipinski definition) is 9. The van der Waals surface area contributed by atoms with Crippen molar-refractivity contribution in [1.29, 1.82) is 0 Å². The van der Waals surface area contributed by atoms with E-state index in [1.807, 2.05) is 6.92 Å². The minimum atomic E-state index is -0.449. The quantitative estimate of drug-likeness (QED) is 0.142. The first kappa shape index (κ1) is 29.2. The van der Waals surface area contributed by atoms with Gasteiger partial charge in [0, 0.05) is 49.2 Å². The number of aliphatic hydroxyl groups is 1. The highest BCUT2D eigenvalue weighted by Gasteiger charge is 2.11. The predicted octanol–water partition coefficient (Wildman–Crippen LogP) is 0.682. The Morgan fingerprint density at radius 2 is 1.32 bits per heavy atom. The highest BCUT2D eigenvalue weighted by Crippen LogP contribution is 1.99. The molecule has 31 heavy (non-hydrogen) atoms. The van der Waals surface area contributed by atoms with Gasteiger partial charge in [0.1, 0.15) is 0 Å². The fourth-order valence-corrected chi connectivity index (χ4v) is 2.16. The molecule has 0 rings (SSSR count). The highest BCUT2D eigenvalue weighted by atomic mass is 16.5. The van der Waals surface area contributed by atoms with Crippen molar-refractivity contribution < 1.29 is 33.6 Å². The SMILES string of the molecule is C=C(C)C(=O)OCC(C)CNCCOCCOCCNCC(CO)COC(=O)C(=C)C. The van der Waals surface area contributed by atoms with Gasteiger partial charge in [-0.25, -0.2) is 9.59 Å².